The van der Waals surface area contributed by atoms with E-state index in [2.05, 4.69) is 26.6 Å². The first kappa shape index (κ1) is 87.5. The van der Waals surface area contributed by atoms with Crippen molar-refractivity contribution >= 4 is 122 Å². The number of rotatable bonds is 9. The Balaban J connectivity index is 0.000000283. The third-order valence-electron chi connectivity index (χ3n) is 14.1. The molecule has 0 aromatic heterocycles. The molecule has 31 heteroatoms. The third kappa shape index (κ3) is 25.8. The van der Waals surface area contributed by atoms with E-state index in [1.165, 1.54) is 63.1 Å². The van der Waals surface area contributed by atoms with Gasteiger partial charge in [-0.3, -0.25) is 19.2 Å². The van der Waals surface area contributed by atoms with E-state index in [4.69, 9.17) is 44.5 Å². The zero-order chi connectivity index (χ0) is 77.4. The van der Waals surface area contributed by atoms with Crippen LogP contribution in [0.5, 0.6) is 5.75 Å². The summed E-state index contributed by atoms with van der Waals surface area (Å²) in [6, 6.07) is 34.1. The Morgan fingerprint density at radius 3 is 1.13 bits per heavy atom. The van der Waals surface area contributed by atoms with Crippen LogP contribution in [-0.4, -0.2) is 57.3 Å². The lowest BCUT2D eigenvalue weighted by Crippen LogP contribution is -2.31. The number of alkyl halides is 15. The largest absolute Gasteiger partial charge is 0.496 e. The van der Waals surface area contributed by atoms with Crippen LogP contribution in [0.25, 0.3) is 45.5 Å². The molecule has 10 nitrogen and oxygen atoms in total. The molecule has 2 amide bonds. The first-order chi connectivity index (χ1) is 47.8. The molecule has 0 spiro atoms. The minimum Gasteiger partial charge on any atom is -0.496 e. The lowest BCUT2D eigenvalue weighted by molar-refractivity contribution is -0.143. The second kappa shape index (κ2) is 37.2. The van der Waals surface area contributed by atoms with Crippen LogP contribution in [0.1, 0.15) is 107 Å². The first-order valence-electron chi connectivity index (χ1n) is 29.4. The van der Waals surface area contributed by atoms with E-state index in [0.29, 0.717) is 83.3 Å². The summed E-state index contributed by atoms with van der Waals surface area (Å²) in [5, 5.41) is 29.7. The van der Waals surface area contributed by atoms with Gasteiger partial charge in [0.05, 0.1) is 50.8 Å². The summed E-state index contributed by atoms with van der Waals surface area (Å²) in [6.07, 6.45) is -18.6. The minimum absolute atomic E-state index is 0. The molecule has 0 saturated carbocycles. The van der Waals surface area contributed by atoms with E-state index in [-0.39, 0.29) is 51.0 Å². The summed E-state index contributed by atoms with van der Waals surface area (Å²) in [7, 11) is -0.635. The monoisotopic (exact) mass is 1590 g/mol. The summed E-state index contributed by atoms with van der Waals surface area (Å²) in [5.41, 5.74) is 3.21. The van der Waals surface area contributed by atoms with Gasteiger partial charge in [-0.2, -0.15) is 71.1 Å². The fourth-order valence-corrected chi connectivity index (χ4v) is 11.9. The average Bonchev–Trinajstić information content (AvgIpc) is 0.881. The highest BCUT2D eigenvalue weighted by Crippen LogP contribution is 2.43. The predicted octanol–water partition coefficient (Wildman–Crippen LogP) is 20.6. The first-order valence-corrected chi connectivity index (χ1v) is 32.6. The van der Waals surface area contributed by atoms with Crippen LogP contribution < -0.4 is 20.8 Å². The number of thiocarbonyl (C=S) groups is 2. The second-order valence-electron chi connectivity index (χ2n) is 22.3. The molecular weight excluding hydrogens is 1530 g/mol. The number of nitrogens with one attached hydrogen (secondary N) is 2. The van der Waals surface area contributed by atoms with Gasteiger partial charge in [0.2, 0.25) is 0 Å². The number of ether oxygens (including phenoxy) is 1. The van der Waals surface area contributed by atoms with E-state index in [0.717, 1.165) is 81.2 Å². The van der Waals surface area contributed by atoms with Crippen molar-refractivity contribution in [3.8, 4) is 45.2 Å². The van der Waals surface area contributed by atoms with Gasteiger partial charge in [0, 0.05) is 28.1 Å². The molecule has 4 N–H and O–H groups in total. The number of aldehydes is 2. The van der Waals surface area contributed by atoms with E-state index in [1.807, 2.05) is 38.1 Å². The van der Waals surface area contributed by atoms with Crippen molar-refractivity contribution in [1.82, 2.24) is 10.6 Å². The zero-order valence-electron chi connectivity index (χ0n) is 54.8. The number of carbonyl (C=O) groups excluding carboxylic acids is 4. The maximum Gasteiger partial charge on any atom is 0.488 e. The van der Waals surface area contributed by atoms with Gasteiger partial charge in [-0.1, -0.05) is 144 Å². The smallest absolute Gasteiger partial charge is 0.488 e. The van der Waals surface area contributed by atoms with Crippen LogP contribution in [0, 0.1) is 52.9 Å². The SMILES string of the molecule is C.CC#N.COc1ccc(/C=C2\SC(=S)NC2=O)cc1-c1cc(C(F)(F)F)cc(C(F)(F)F)c1.Cc1cc(-c2cc(/C=C3\SC(=S)NC3=O)ccc2C)cc(C(F)(F)F)c1.Cc1cc(-c2cc(C=O)ccc2C)cc(C(F)(F)F)c1.Cc1cc(B(O)O)cc(C(F)(F)F)c1.Cc1ccc(C=O)cc1Br. The fraction of sp³-hybridized carbons (Fsp3) is 0.192. The molecule has 0 atom stereocenters. The van der Waals surface area contributed by atoms with Gasteiger partial charge in [0.25, 0.3) is 11.8 Å². The average molecular weight is 1600 g/mol. The van der Waals surface area contributed by atoms with E-state index in [9.17, 15) is 85.0 Å². The number of halogens is 16. The highest BCUT2D eigenvalue weighted by Gasteiger charge is 2.38. The van der Waals surface area contributed by atoms with Crippen molar-refractivity contribution in [1.29, 1.82) is 5.26 Å². The molecule has 0 radical (unpaired) electrons. The molecule has 2 aliphatic heterocycles. The molecule has 0 bridgehead atoms. The summed E-state index contributed by atoms with van der Waals surface area (Å²) in [6.45, 7) is 11.8. The van der Waals surface area contributed by atoms with Gasteiger partial charge < -0.3 is 25.4 Å². The molecule has 0 unspecified atom stereocenters. The molecule has 2 heterocycles. The lowest BCUT2D eigenvalue weighted by atomic mass is 9.78. The van der Waals surface area contributed by atoms with Crippen molar-refractivity contribution in [2.24, 2.45) is 0 Å². The Labute approximate surface area is 616 Å². The van der Waals surface area contributed by atoms with Gasteiger partial charge in [-0.05, 0) is 205 Å². The summed E-state index contributed by atoms with van der Waals surface area (Å²) in [5.74, 6) is -0.638. The molecule has 104 heavy (non-hydrogen) atoms. The Bertz CT molecular complexity index is 4590. The number of carbonyl (C=O) groups is 4. The Morgan fingerprint density at radius 2 is 0.788 bits per heavy atom. The normalized spacial score (nSPS) is 13.5. The molecule has 2 aliphatic rings. The van der Waals surface area contributed by atoms with Crippen LogP contribution in [0.15, 0.2) is 160 Å². The number of thioether (sulfide) groups is 2. The number of nitrogens with zero attached hydrogens (tertiary/aromatic N) is 1. The number of aryl methyl sites for hydroxylation is 6. The highest BCUT2D eigenvalue weighted by atomic mass is 79.9. The Morgan fingerprint density at radius 1 is 0.471 bits per heavy atom. The number of methoxy groups -OCH3 is 1. The van der Waals surface area contributed by atoms with Crippen LogP contribution in [0.3, 0.4) is 0 Å². The highest BCUT2D eigenvalue weighted by molar-refractivity contribution is 9.10. The molecule has 548 valence electrons. The molecule has 2 saturated heterocycles. The molecule has 2 fully saturated rings. The van der Waals surface area contributed by atoms with Crippen molar-refractivity contribution < 1.29 is 99.8 Å². The maximum atomic E-state index is 13.2. The predicted molar refractivity (Wildman–Crippen MR) is 387 cm³/mol. The number of amides is 2. The van der Waals surface area contributed by atoms with Crippen LogP contribution in [-0.2, 0) is 40.5 Å². The topological polar surface area (TPSA) is 166 Å². The van der Waals surface area contributed by atoms with E-state index >= 15 is 0 Å². The van der Waals surface area contributed by atoms with Gasteiger partial charge in [0.1, 0.15) is 27.0 Å². The van der Waals surface area contributed by atoms with E-state index in [1.54, 1.807) is 75.4 Å². The number of benzene rings is 8. The molecule has 8 aromatic rings. The lowest BCUT2D eigenvalue weighted by Gasteiger charge is -2.16. The van der Waals surface area contributed by atoms with Crippen molar-refractivity contribution in [3.05, 3.63) is 243 Å². The van der Waals surface area contributed by atoms with Crippen LogP contribution >= 0.6 is 63.9 Å². The van der Waals surface area contributed by atoms with Crippen molar-refractivity contribution in [2.45, 2.75) is 86.8 Å². The number of hydrogen-bond donors (Lipinski definition) is 4. The number of nitriles is 1. The molecular formula is C73H60BBrF15N3O7S4. The second-order valence-corrected chi connectivity index (χ2v) is 26.5. The van der Waals surface area contributed by atoms with Gasteiger partial charge in [0.15, 0.2) is 0 Å². The molecule has 10 rings (SSSR count). The standard InChI is InChI=1S/C19H11F6NO2S2.C19H14F3NOS2.C16H13F3O.C8H8BF3O2.C8H7BrO.C2H3N.CH4/c1-28-14-3-2-9(5-15-16(27)26-17(29)30-15)4-13(14)10-6-11(18(20,21)22)8-12(7-10)19(23,24)25;1-10-5-13(9-14(6-10)19(20,21)22)15-7-12(4-3-11(15)2)8-16-17(24)23-18(25)26-16;1-10-5-13(8-14(6-10)16(17,18)19)15-7-12(9-20)4-3-11(15)2;1-5-2-6(8(10,11)12)4-7(3-5)9(13)14;1-6-2-3-7(5-10)4-8(6)9;1-2-3;/h2-8H,1H3,(H,26,27,29);3-9H,1-2H3,(H,23,24,25);3-9H,1-2H3;2-4,13-14H,1H3;2-5H,1H3;1H3;1H4/b15-5-;16-8-;;;;;. The van der Waals surface area contributed by atoms with Crippen molar-refractivity contribution in [2.75, 3.05) is 7.11 Å². The minimum atomic E-state index is -4.98. The summed E-state index contributed by atoms with van der Waals surface area (Å²) in [4.78, 5) is 45.4. The van der Waals surface area contributed by atoms with Crippen molar-refractivity contribution in [3.63, 3.8) is 0 Å². The quantitative estimate of drug-likeness (QED) is 0.0356. The Kier molecular flexibility index (Phi) is 31.3. The van der Waals surface area contributed by atoms with Gasteiger partial charge in [-0.25, -0.2) is 0 Å². The van der Waals surface area contributed by atoms with Gasteiger partial charge >= 0.3 is 38.0 Å². The molecule has 0 aliphatic carbocycles. The van der Waals surface area contributed by atoms with E-state index < -0.39 is 71.7 Å². The Hall–Kier alpha value is -8.90. The fourth-order valence-electron chi connectivity index (χ4n) is 9.37. The van der Waals surface area contributed by atoms with Crippen LogP contribution in [0.4, 0.5) is 65.9 Å². The van der Waals surface area contributed by atoms with Gasteiger partial charge in [-0.15, -0.1) is 0 Å². The number of hydrogen-bond acceptors (Lipinski definition) is 12. The molecule has 8 aromatic carbocycles. The maximum absolute atomic E-state index is 13.2. The third-order valence-corrected chi connectivity index (χ3v) is 17.3. The zero-order valence-corrected chi connectivity index (χ0v) is 59.7. The van der Waals surface area contributed by atoms with Crippen LogP contribution in [0.2, 0.25) is 0 Å². The summed E-state index contributed by atoms with van der Waals surface area (Å²) < 4.78 is 201. The summed E-state index contributed by atoms with van der Waals surface area (Å²) >= 11 is 15.3.